The summed E-state index contributed by atoms with van der Waals surface area (Å²) in [5.74, 6) is -0.695. The van der Waals surface area contributed by atoms with E-state index in [0.29, 0.717) is 17.1 Å². The highest BCUT2D eigenvalue weighted by atomic mass is 35.5. The topological polar surface area (TPSA) is 51.9 Å². The fraction of sp³-hybridized carbons (Fsp3) is 0.143. The van der Waals surface area contributed by atoms with Crippen molar-refractivity contribution in [3.05, 3.63) is 77.0 Å². The molecule has 4 rings (SSSR count). The molecule has 0 atom stereocenters. The van der Waals surface area contributed by atoms with Crippen molar-refractivity contribution < 1.29 is 9.18 Å². The minimum Gasteiger partial charge on any atom is -0.348 e. The SMILES string of the molecule is CCn1ccc2cc(NC(=O)c3c(C)nn(-c4ccc(F)cc4)c3Cl)ccc21. The second kappa shape index (κ2) is 7.13. The third kappa shape index (κ3) is 3.16. The van der Waals surface area contributed by atoms with E-state index in [2.05, 4.69) is 21.9 Å². The van der Waals surface area contributed by atoms with E-state index in [-0.39, 0.29) is 22.4 Å². The van der Waals surface area contributed by atoms with E-state index in [1.54, 1.807) is 19.1 Å². The number of aryl methyl sites for hydroxylation is 2. The number of carbonyl (C=O) groups excluding carboxylic acids is 1. The van der Waals surface area contributed by atoms with Crippen molar-refractivity contribution in [1.29, 1.82) is 0 Å². The van der Waals surface area contributed by atoms with Crippen molar-refractivity contribution in [3.63, 3.8) is 0 Å². The van der Waals surface area contributed by atoms with Crippen molar-refractivity contribution in [1.82, 2.24) is 14.3 Å². The number of rotatable bonds is 4. The highest BCUT2D eigenvalue weighted by Crippen LogP contribution is 2.26. The molecule has 1 N–H and O–H groups in total. The maximum Gasteiger partial charge on any atom is 0.260 e. The van der Waals surface area contributed by atoms with E-state index < -0.39 is 0 Å². The predicted octanol–water partition coefficient (Wildman–Crippen LogP) is 5.20. The quantitative estimate of drug-likeness (QED) is 0.515. The molecule has 0 bridgehead atoms. The molecule has 0 fully saturated rings. The largest absolute Gasteiger partial charge is 0.348 e. The zero-order valence-corrected chi connectivity index (χ0v) is 16.2. The fourth-order valence-corrected chi connectivity index (χ4v) is 3.62. The normalized spacial score (nSPS) is 11.1. The van der Waals surface area contributed by atoms with Crippen molar-refractivity contribution in [2.24, 2.45) is 0 Å². The first-order valence-corrected chi connectivity index (χ1v) is 9.27. The molecule has 0 saturated heterocycles. The van der Waals surface area contributed by atoms with Gasteiger partial charge in [-0.2, -0.15) is 5.10 Å². The molecule has 142 valence electrons. The lowest BCUT2D eigenvalue weighted by molar-refractivity contribution is 0.102. The second-order valence-electron chi connectivity index (χ2n) is 6.47. The Balaban J connectivity index is 1.64. The average molecular weight is 397 g/mol. The maximum absolute atomic E-state index is 13.2. The van der Waals surface area contributed by atoms with E-state index in [9.17, 15) is 9.18 Å². The monoisotopic (exact) mass is 396 g/mol. The van der Waals surface area contributed by atoms with Crippen molar-refractivity contribution in [2.45, 2.75) is 20.4 Å². The Bertz CT molecular complexity index is 1180. The van der Waals surface area contributed by atoms with Gasteiger partial charge in [0.2, 0.25) is 0 Å². The van der Waals surface area contributed by atoms with Crippen LogP contribution in [0.1, 0.15) is 23.0 Å². The molecule has 0 aliphatic heterocycles. The molecule has 0 saturated carbocycles. The Morgan fingerprint density at radius 3 is 2.64 bits per heavy atom. The van der Waals surface area contributed by atoms with Gasteiger partial charge in [0.05, 0.1) is 11.4 Å². The van der Waals surface area contributed by atoms with Gasteiger partial charge in [-0.3, -0.25) is 4.79 Å². The lowest BCUT2D eigenvalue weighted by Crippen LogP contribution is -2.13. The summed E-state index contributed by atoms with van der Waals surface area (Å²) in [6.07, 6.45) is 2.02. The number of fused-ring (bicyclic) bond motifs is 1. The van der Waals surface area contributed by atoms with Gasteiger partial charge in [0.15, 0.2) is 0 Å². The zero-order chi connectivity index (χ0) is 19.8. The first kappa shape index (κ1) is 18.3. The van der Waals surface area contributed by atoms with Gasteiger partial charge in [0.1, 0.15) is 16.5 Å². The van der Waals surface area contributed by atoms with Crippen LogP contribution in [0.15, 0.2) is 54.7 Å². The summed E-state index contributed by atoms with van der Waals surface area (Å²) in [6.45, 7) is 4.68. The number of hydrogen-bond donors (Lipinski definition) is 1. The van der Waals surface area contributed by atoms with Crippen LogP contribution in [0.3, 0.4) is 0 Å². The molecule has 2 heterocycles. The zero-order valence-electron chi connectivity index (χ0n) is 15.4. The van der Waals surface area contributed by atoms with Crippen LogP contribution in [0, 0.1) is 12.7 Å². The molecular formula is C21H18ClFN4O. The van der Waals surface area contributed by atoms with Crippen LogP contribution in [0.2, 0.25) is 5.15 Å². The van der Waals surface area contributed by atoms with Crippen LogP contribution in [0.4, 0.5) is 10.1 Å². The molecule has 1 amide bonds. The summed E-state index contributed by atoms with van der Waals surface area (Å²) in [5.41, 5.74) is 3.15. The van der Waals surface area contributed by atoms with Gasteiger partial charge in [-0.15, -0.1) is 0 Å². The van der Waals surface area contributed by atoms with Crippen LogP contribution in [0.5, 0.6) is 0 Å². The van der Waals surface area contributed by atoms with Gasteiger partial charge < -0.3 is 9.88 Å². The number of halogens is 2. The minimum absolute atomic E-state index is 0.180. The van der Waals surface area contributed by atoms with Gasteiger partial charge in [0, 0.05) is 29.3 Å². The van der Waals surface area contributed by atoms with Gasteiger partial charge in [-0.25, -0.2) is 9.07 Å². The number of nitrogens with zero attached hydrogens (tertiary/aromatic N) is 3. The molecule has 28 heavy (non-hydrogen) atoms. The maximum atomic E-state index is 13.2. The van der Waals surface area contributed by atoms with Gasteiger partial charge in [0.25, 0.3) is 5.91 Å². The fourth-order valence-electron chi connectivity index (χ4n) is 3.26. The molecule has 2 aromatic carbocycles. The summed E-state index contributed by atoms with van der Waals surface area (Å²) in [4.78, 5) is 12.8. The van der Waals surface area contributed by atoms with E-state index in [1.807, 2.05) is 30.5 Å². The van der Waals surface area contributed by atoms with E-state index in [0.717, 1.165) is 17.4 Å². The Morgan fingerprint density at radius 1 is 1.18 bits per heavy atom. The summed E-state index contributed by atoms with van der Waals surface area (Å²) >= 11 is 6.42. The predicted molar refractivity (Wildman–Crippen MR) is 109 cm³/mol. The summed E-state index contributed by atoms with van der Waals surface area (Å²) < 4.78 is 16.7. The number of anilines is 1. The lowest BCUT2D eigenvalue weighted by Gasteiger charge is -2.07. The average Bonchev–Trinajstić information content (AvgIpc) is 3.22. The van der Waals surface area contributed by atoms with Crippen LogP contribution in [-0.2, 0) is 6.54 Å². The molecular weight excluding hydrogens is 379 g/mol. The van der Waals surface area contributed by atoms with Crippen LogP contribution >= 0.6 is 11.6 Å². The molecule has 0 aliphatic rings. The van der Waals surface area contributed by atoms with Gasteiger partial charge in [-0.1, -0.05) is 11.6 Å². The number of benzene rings is 2. The molecule has 7 heteroatoms. The van der Waals surface area contributed by atoms with Crippen LogP contribution in [0.25, 0.3) is 16.6 Å². The lowest BCUT2D eigenvalue weighted by atomic mass is 10.2. The molecule has 0 radical (unpaired) electrons. The molecule has 0 unspecified atom stereocenters. The molecule has 0 spiro atoms. The van der Waals surface area contributed by atoms with E-state index in [4.69, 9.17) is 11.6 Å². The smallest absolute Gasteiger partial charge is 0.260 e. The molecule has 5 nitrogen and oxygen atoms in total. The van der Waals surface area contributed by atoms with Gasteiger partial charge in [-0.05, 0) is 62.4 Å². The minimum atomic E-state index is -0.353. The Morgan fingerprint density at radius 2 is 1.93 bits per heavy atom. The van der Waals surface area contributed by atoms with Crippen molar-refractivity contribution >= 4 is 34.1 Å². The summed E-state index contributed by atoms with van der Waals surface area (Å²) in [7, 11) is 0. The number of aromatic nitrogens is 3. The molecule has 0 aliphatic carbocycles. The highest BCUT2D eigenvalue weighted by molar-refractivity contribution is 6.34. The van der Waals surface area contributed by atoms with Crippen LogP contribution < -0.4 is 5.32 Å². The van der Waals surface area contributed by atoms with Crippen LogP contribution in [-0.4, -0.2) is 20.3 Å². The standard InChI is InChI=1S/C21H18ClFN4O/c1-3-26-11-10-14-12-16(6-9-18(14)26)24-21(28)19-13(2)25-27(20(19)22)17-7-4-15(23)5-8-17/h4-12H,3H2,1-2H3,(H,24,28). The first-order chi connectivity index (χ1) is 13.5. The molecule has 2 aromatic heterocycles. The Kier molecular flexibility index (Phi) is 4.65. The third-order valence-corrected chi connectivity index (χ3v) is 5.02. The second-order valence-corrected chi connectivity index (χ2v) is 6.83. The van der Waals surface area contributed by atoms with Crippen molar-refractivity contribution in [3.8, 4) is 5.69 Å². The number of nitrogens with one attached hydrogen (secondary N) is 1. The third-order valence-electron chi connectivity index (χ3n) is 4.67. The van der Waals surface area contributed by atoms with E-state index >= 15 is 0 Å². The summed E-state index contributed by atoms with van der Waals surface area (Å²) in [6, 6.07) is 13.5. The summed E-state index contributed by atoms with van der Waals surface area (Å²) in [5, 5.41) is 8.45. The van der Waals surface area contributed by atoms with Gasteiger partial charge >= 0.3 is 0 Å². The van der Waals surface area contributed by atoms with E-state index in [1.165, 1.54) is 16.8 Å². The number of hydrogen-bond acceptors (Lipinski definition) is 2. The first-order valence-electron chi connectivity index (χ1n) is 8.89. The Hall–Kier alpha value is -3.12. The Labute approximate surface area is 166 Å². The van der Waals surface area contributed by atoms with Crippen molar-refractivity contribution in [2.75, 3.05) is 5.32 Å². The molecule has 4 aromatic rings. The number of amides is 1. The number of carbonyl (C=O) groups is 1. The highest BCUT2D eigenvalue weighted by Gasteiger charge is 2.21.